The highest BCUT2D eigenvalue weighted by atomic mass is 32.2. The maximum Gasteiger partial charge on any atom is 0.338 e. The Morgan fingerprint density at radius 1 is 1.15 bits per heavy atom. The van der Waals surface area contributed by atoms with E-state index >= 15 is 0 Å². The van der Waals surface area contributed by atoms with Crippen molar-refractivity contribution in [2.75, 3.05) is 24.4 Å². The molecule has 2 amide bonds. The largest absolute Gasteiger partial charge is 0.481 e. The Labute approximate surface area is 147 Å². The molecule has 0 saturated carbocycles. The monoisotopic (exact) mass is 385 g/mol. The van der Waals surface area contributed by atoms with E-state index in [2.05, 4.69) is 20.3 Å². The van der Waals surface area contributed by atoms with Crippen LogP contribution in [0.3, 0.4) is 0 Å². The van der Waals surface area contributed by atoms with Gasteiger partial charge in [-0.1, -0.05) is 0 Å². The van der Waals surface area contributed by atoms with Crippen LogP contribution in [0.25, 0.3) is 0 Å². The summed E-state index contributed by atoms with van der Waals surface area (Å²) in [7, 11) is -1.62. The van der Waals surface area contributed by atoms with Crippen LogP contribution in [0.5, 0.6) is 11.8 Å². The van der Waals surface area contributed by atoms with Crippen LogP contribution in [0.1, 0.15) is 17.4 Å². The average molecular weight is 385 g/mol. The van der Waals surface area contributed by atoms with Crippen LogP contribution in [0.4, 0.5) is 10.7 Å². The van der Waals surface area contributed by atoms with E-state index in [-0.39, 0.29) is 29.2 Å². The molecule has 2 aromatic rings. The summed E-state index contributed by atoms with van der Waals surface area (Å²) in [5, 5.41) is 2.13. The van der Waals surface area contributed by atoms with Crippen molar-refractivity contribution in [1.29, 1.82) is 0 Å². The first kappa shape index (κ1) is 18.9. The van der Waals surface area contributed by atoms with Gasteiger partial charge in [0.1, 0.15) is 12.0 Å². The number of anilines is 1. The number of hydrogen-bond acceptors (Lipinski definition) is 9. The minimum Gasteiger partial charge on any atom is -0.481 e. The number of aromatic nitrogens is 4. The maximum atomic E-state index is 11.9. The molecule has 0 atom stereocenters. The third-order valence-electron chi connectivity index (χ3n) is 2.72. The smallest absolute Gasteiger partial charge is 0.338 e. The van der Waals surface area contributed by atoms with Crippen LogP contribution in [0.2, 0.25) is 0 Å². The number of carbonyl (C=O) groups excluding carboxylic acids is 2. The van der Waals surface area contributed by atoms with E-state index in [1.165, 1.54) is 27.2 Å². The van der Waals surface area contributed by atoms with E-state index in [1.807, 2.05) is 4.83 Å². The van der Waals surface area contributed by atoms with Gasteiger partial charge in [-0.05, 0) is 0 Å². The Balaban J connectivity index is 2.04. The lowest BCUT2D eigenvalue weighted by Gasteiger charge is -2.10. The average Bonchev–Trinajstić information content (AvgIpc) is 3.01. The lowest BCUT2D eigenvalue weighted by atomic mass is 10.3. The molecule has 140 valence electrons. The van der Waals surface area contributed by atoms with E-state index in [9.17, 15) is 18.0 Å². The third kappa shape index (κ3) is 5.04. The number of rotatable bonds is 7. The van der Waals surface area contributed by atoms with Gasteiger partial charge in [0, 0.05) is 6.92 Å². The Hall–Kier alpha value is -3.42. The molecule has 0 spiro atoms. The molecule has 26 heavy (non-hydrogen) atoms. The van der Waals surface area contributed by atoms with Crippen molar-refractivity contribution < 1.29 is 27.5 Å². The summed E-state index contributed by atoms with van der Waals surface area (Å²) in [5.74, 6) is -0.389. The van der Waals surface area contributed by atoms with Crippen molar-refractivity contribution in [3.8, 4) is 11.8 Å². The number of imidazole rings is 1. The van der Waals surface area contributed by atoms with Gasteiger partial charge >= 0.3 is 16.2 Å². The minimum atomic E-state index is -4.32. The molecule has 0 aliphatic heterocycles. The summed E-state index contributed by atoms with van der Waals surface area (Å²) in [4.78, 5) is 36.3. The van der Waals surface area contributed by atoms with Gasteiger partial charge in [-0.25, -0.2) is 24.0 Å². The molecule has 14 heteroatoms. The second kappa shape index (κ2) is 7.64. The van der Waals surface area contributed by atoms with Gasteiger partial charge in [0.15, 0.2) is 5.78 Å². The number of ketones is 1. The summed E-state index contributed by atoms with van der Waals surface area (Å²) in [5.41, 5.74) is 0.0500. The van der Waals surface area contributed by atoms with Crippen molar-refractivity contribution in [2.45, 2.75) is 6.92 Å². The van der Waals surface area contributed by atoms with E-state index in [0.717, 1.165) is 17.2 Å². The Bertz CT molecular complexity index is 904. The minimum absolute atomic E-state index is 0.0500. The van der Waals surface area contributed by atoms with E-state index < -0.39 is 16.2 Å². The molecule has 0 unspecified atom stereocenters. The number of nitrogens with zero attached hydrogens (tertiary/aromatic N) is 4. The zero-order valence-electron chi connectivity index (χ0n) is 13.9. The molecule has 0 aliphatic rings. The number of carbonyl (C=O) groups is 2. The van der Waals surface area contributed by atoms with Crippen molar-refractivity contribution >= 4 is 28.0 Å². The molecule has 2 rings (SSSR count). The van der Waals surface area contributed by atoms with Gasteiger partial charge < -0.3 is 9.47 Å². The zero-order valence-corrected chi connectivity index (χ0v) is 14.7. The van der Waals surface area contributed by atoms with Crippen LogP contribution in [0, 0.1) is 0 Å². The highest BCUT2D eigenvalue weighted by Crippen LogP contribution is 2.17. The number of amides is 2. The summed E-state index contributed by atoms with van der Waals surface area (Å²) in [6.07, 6.45) is 2.21. The number of hydrogen-bond donors (Lipinski definition) is 3. The Morgan fingerprint density at radius 3 is 2.27 bits per heavy atom. The highest BCUT2D eigenvalue weighted by molar-refractivity contribution is 7.90. The van der Waals surface area contributed by atoms with Crippen LogP contribution in [-0.4, -0.2) is 54.1 Å². The fraction of sp³-hybridized carbons (Fsp3) is 0.250. The third-order valence-corrected chi connectivity index (χ3v) is 3.62. The van der Waals surface area contributed by atoms with Crippen molar-refractivity contribution in [1.82, 2.24) is 24.4 Å². The summed E-state index contributed by atoms with van der Waals surface area (Å²) in [6, 6.07) is 0.229. The second-order valence-corrected chi connectivity index (χ2v) is 6.04. The molecule has 0 bridgehead atoms. The SMILES string of the molecule is COc1cc(OC)nc(NC(=O)NS(=O)(=O)Nn2cnc(C(C)=O)c2)n1. The van der Waals surface area contributed by atoms with Gasteiger partial charge in [0.05, 0.1) is 26.5 Å². The van der Waals surface area contributed by atoms with Crippen molar-refractivity contribution in [3.05, 3.63) is 24.3 Å². The lowest BCUT2D eigenvalue weighted by molar-refractivity contribution is 0.101. The molecule has 13 nitrogen and oxygen atoms in total. The number of ether oxygens (including phenoxy) is 2. The predicted molar refractivity (Wildman–Crippen MR) is 87.8 cm³/mol. The van der Waals surface area contributed by atoms with Crippen molar-refractivity contribution in [2.24, 2.45) is 0 Å². The van der Waals surface area contributed by atoms with Crippen LogP contribution in [0.15, 0.2) is 18.6 Å². The van der Waals surface area contributed by atoms with E-state index in [4.69, 9.17) is 9.47 Å². The fourth-order valence-corrected chi connectivity index (χ4v) is 2.35. The maximum absolute atomic E-state index is 11.9. The molecule has 0 aliphatic carbocycles. The molecule has 0 fully saturated rings. The molecule has 3 N–H and O–H groups in total. The molecule has 0 radical (unpaired) electrons. The van der Waals surface area contributed by atoms with Crippen LogP contribution < -0.4 is 24.3 Å². The summed E-state index contributed by atoms with van der Waals surface area (Å²) >= 11 is 0. The fourth-order valence-electron chi connectivity index (χ4n) is 1.63. The first-order valence-corrected chi connectivity index (χ1v) is 8.34. The standard InChI is InChI=1S/C12H15N7O6S/c1-7(20)8-5-19(6-13-8)18-26(22,23)17-12(21)16-11-14-9(24-2)4-10(15-11)25-3/h4-6,18H,1-3H3,(H2,14,15,16,17,21). The van der Waals surface area contributed by atoms with Crippen LogP contribution >= 0.6 is 0 Å². The van der Waals surface area contributed by atoms with Gasteiger partial charge in [0.2, 0.25) is 17.7 Å². The van der Waals surface area contributed by atoms with Gasteiger partial charge in [0.25, 0.3) is 0 Å². The first-order valence-electron chi connectivity index (χ1n) is 6.86. The number of Topliss-reactive ketones (excluding diaryl/α,β-unsaturated/α-hetero) is 1. The highest BCUT2D eigenvalue weighted by Gasteiger charge is 2.17. The molecule has 2 aromatic heterocycles. The van der Waals surface area contributed by atoms with E-state index in [0.29, 0.717) is 0 Å². The lowest BCUT2D eigenvalue weighted by Crippen LogP contribution is -2.41. The molecule has 2 heterocycles. The quantitative estimate of drug-likeness (QED) is 0.532. The Morgan fingerprint density at radius 2 is 1.77 bits per heavy atom. The molecule has 0 saturated heterocycles. The summed E-state index contributed by atoms with van der Waals surface area (Å²) < 4.78 is 36.2. The normalized spacial score (nSPS) is 10.7. The molecular weight excluding hydrogens is 370 g/mol. The predicted octanol–water partition coefficient (Wildman–Crippen LogP) is -0.497. The van der Waals surface area contributed by atoms with Gasteiger partial charge in [-0.3, -0.25) is 10.1 Å². The Kier molecular flexibility index (Phi) is 5.56. The van der Waals surface area contributed by atoms with E-state index in [1.54, 1.807) is 4.72 Å². The van der Waals surface area contributed by atoms with Crippen molar-refractivity contribution in [3.63, 3.8) is 0 Å². The number of urea groups is 1. The van der Waals surface area contributed by atoms with Crippen LogP contribution in [-0.2, 0) is 10.2 Å². The number of nitrogens with one attached hydrogen (secondary N) is 3. The zero-order chi connectivity index (χ0) is 19.3. The number of methoxy groups -OCH3 is 2. The van der Waals surface area contributed by atoms with Gasteiger partial charge in [-0.2, -0.15) is 18.4 Å². The second-order valence-electron chi connectivity index (χ2n) is 4.65. The molecule has 0 aromatic carbocycles. The summed E-state index contributed by atoms with van der Waals surface area (Å²) in [6.45, 7) is 1.27. The first-order chi connectivity index (χ1) is 12.2. The van der Waals surface area contributed by atoms with Gasteiger partial charge in [-0.15, -0.1) is 0 Å². The molecular formula is C12H15N7O6S. The topological polar surface area (TPSA) is 166 Å².